The molecule has 3 unspecified atom stereocenters. The third kappa shape index (κ3) is 6.74. The number of hydrogen-bond donors (Lipinski definition) is 0. The Hall–Kier alpha value is -2.38. The molecule has 37 heavy (non-hydrogen) atoms. The Balaban J connectivity index is 1.71. The molecule has 0 aromatic heterocycles. The zero-order valence-corrected chi connectivity index (χ0v) is 22.9. The fraction of sp³-hybridized carbons (Fsp3) is 0.296. The van der Waals surface area contributed by atoms with Gasteiger partial charge in [-0.1, -0.05) is 35.3 Å². The second-order valence-electron chi connectivity index (χ2n) is 8.43. The maximum Gasteiger partial charge on any atom is 0.320 e. The lowest BCUT2D eigenvalue weighted by molar-refractivity contribution is -0.143. The van der Waals surface area contributed by atoms with Crippen molar-refractivity contribution in [1.82, 2.24) is 4.67 Å². The van der Waals surface area contributed by atoms with Crippen LogP contribution in [-0.2, 0) is 23.4 Å². The molecule has 0 spiro atoms. The number of esters is 1. The van der Waals surface area contributed by atoms with E-state index < -0.39 is 19.5 Å². The molecule has 3 atom stereocenters. The quantitative estimate of drug-likeness (QED) is 0.224. The lowest BCUT2D eigenvalue weighted by atomic mass is 10.0. The molecule has 1 heterocycles. The molecule has 0 amide bonds. The molecule has 3 aromatic carbocycles. The number of halogens is 2. The van der Waals surface area contributed by atoms with Gasteiger partial charge in [0.2, 0.25) is 0 Å². The molecular formula is C27H28Cl2NO6P. The van der Waals surface area contributed by atoms with Gasteiger partial charge in [-0.3, -0.25) is 9.36 Å². The SMILES string of the molecule is CCOC(=O)CN1C(c2ccc(Cl)cc2)CC(OC)COP1(=O)c1ccc(Oc2ccc(Cl)cc2)cc1. The van der Waals surface area contributed by atoms with Gasteiger partial charge in [0.15, 0.2) is 0 Å². The van der Waals surface area contributed by atoms with Crippen LogP contribution in [0.15, 0.2) is 72.8 Å². The zero-order chi connectivity index (χ0) is 26.4. The van der Waals surface area contributed by atoms with Gasteiger partial charge in [-0.2, -0.15) is 0 Å². The first-order chi connectivity index (χ1) is 17.8. The zero-order valence-electron chi connectivity index (χ0n) is 20.5. The van der Waals surface area contributed by atoms with Crippen molar-refractivity contribution in [2.24, 2.45) is 0 Å². The highest BCUT2D eigenvalue weighted by Gasteiger charge is 2.45. The van der Waals surface area contributed by atoms with E-state index in [0.717, 1.165) is 5.56 Å². The fourth-order valence-electron chi connectivity index (χ4n) is 4.14. The average molecular weight is 564 g/mol. The first-order valence-corrected chi connectivity index (χ1v) is 14.2. The molecule has 1 fully saturated rings. The van der Waals surface area contributed by atoms with Crippen molar-refractivity contribution in [2.75, 3.05) is 26.9 Å². The molecule has 0 N–H and O–H groups in total. The number of carbonyl (C=O) groups excluding carboxylic acids is 1. The molecule has 0 saturated carbocycles. The highest BCUT2D eigenvalue weighted by Crippen LogP contribution is 2.57. The second kappa shape index (κ2) is 12.4. The minimum absolute atomic E-state index is 0.0974. The van der Waals surface area contributed by atoms with Crippen LogP contribution in [0.3, 0.4) is 0 Å². The Labute approximate surface area is 226 Å². The van der Waals surface area contributed by atoms with Crippen LogP contribution in [0.4, 0.5) is 0 Å². The van der Waals surface area contributed by atoms with Crippen molar-refractivity contribution in [3.8, 4) is 11.5 Å². The molecule has 7 nitrogen and oxygen atoms in total. The number of benzene rings is 3. The highest BCUT2D eigenvalue weighted by molar-refractivity contribution is 7.64. The maximum absolute atomic E-state index is 14.7. The van der Waals surface area contributed by atoms with Crippen LogP contribution in [0, 0.1) is 0 Å². The summed E-state index contributed by atoms with van der Waals surface area (Å²) in [7, 11) is -2.16. The van der Waals surface area contributed by atoms with Crippen molar-refractivity contribution >= 4 is 42.0 Å². The molecule has 0 bridgehead atoms. The van der Waals surface area contributed by atoms with Crippen molar-refractivity contribution in [2.45, 2.75) is 25.5 Å². The van der Waals surface area contributed by atoms with E-state index in [-0.39, 0.29) is 25.9 Å². The highest BCUT2D eigenvalue weighted by atomic mass is 35.5. The van der Waals surface area contributed by atoms with Crippen LogP contribution in [0.2, 0.25) is 10.0 Å². The van der Waals surface area contributed by atoms with Crippen LogP contribution < -0.4 is 10.0 Å². The van der Waals surface area contributed by atoms with E-state index in [1.165, 1.54) is 0 Å². The first-order valence-electron chi connectivity index (χ1n) is 11.8. The van der Waals surface area contributed by atoms with Crippen LogP contribution in [0.1, 0.15) is 24.9 Å². The monoisotopic (exact) mass is 563 g/mol. The molecule has 10 heteroatoms. The summed E-state index contributed by atoms with van der Waals surface area (Å²) in [6.45, 7) is 1.81. The smallest absolute Gasteiger partial charge is 0.320 e. The third-order valence-corrected chi connectivity index (χ3v) is 9.07. The molecule has 0 aliphatic carbocycles. The number of carbonyl (C=O) groups is 1. The summed E-state index contributed by atoms with van der Waals surface area (Å²) in [5.41, 5.74) is 0.837. The molecule has 1 aliphatic heterocycles. The van der Waals surface area contributed by atoms with Crippen LogP contribution in [-0.4, -0.2) is 43.6 Å². The molecule has 196 valence electrons. The summed E-state index contributed by atoms with van der Waals surface area (Å²) >= 11 is 12.1. The molecule has 3 aromatic rings. The summed E-state index contributed by atoms with van der Waals surface area (Å²) in [5, 5.41) is 1.61. The number of methoxy groups -OCH3 is 1. The van der Waals surface area contributed by atoms with E-state index in [2.05, 4.69) is 0 Å². The summed E-state index contributed by atoms with van der Waals surface area (Å²) in [5.74, 6) is 0.668. The Morgan fingerprint density at radius 3 is 2.11 bits per heavy atom. The standard InChI is InChI=1S/C27H28Cl2NO6P/c1-3-34-27(31)17-30-26(19-4-6-20(28)7-5-19)16-24(33-2)18-35-37(30,32)25-14-12-23(13-15-25)36-22-10-8-21(29)9-11-22/h4-15,24,26H,3,16-18H2,1-2H3. The van der Waals surface area contributed by atoms with Gasteiger partial charge in [-0.05, 0) is 79.6 Å². The van der Waals surface area contributed by atoms with Crippen molar-refractivity contribution in [1.29, 1.82) is 0 Å². The van der Waals surface area contributed by atoms with Gasteiger partial charge >= 0.3 is 13.5 Å². The third-order valence-electron chi connectivity index (χ3n) is 6.02. The van der Waals surface area contributed by atoms with Crippen molar-refractivity contribution < 1.29 is 28.1 Å². The van der Waals surface area contributed by atoms with Gasteiger partial charge < -0.3 is 18.7 Å². The summed E-state index contributed by atoms with van der Waals surface area (Å²) in [6.07, 6.45) is 0.118. The predicted molar refractivity (Wildman–Crippen MR) is 144 cm³/mol. The molecule has 1 aliphatic rings. The molecular weight excluding hydrogens is 536 g/mol. The molecule has 1 saturated heterocycles. The first kappa shape index (κ1) is 27.6. The Morgan fingerprint density at radius 2 is 1.54 bits per heavy atom. The van der Waals surface area contributed by atoms with Gasteiger partial charge in [0.25, 0.3) is 0 Å². The average Bonchev–Trinajstić information content (AvgIpc) is 3.04. The lowest BCUT2D eigenvalue weighted by Gasteiger charge is -2.34. The van der Waals surface area contributed by atoms with Gasteiger partial charge in [0.05, 0.1) is 24.6 Å². The number of ether oxygens (including phenoxy) is 3. The number of nitrogens with zero attached hydrogens (tertiary/aromatic N) is 1. The van der Waals surface area contributed by atoms with E-state index in [1.54, 1.807) is 79.4 Å². The van der Waals surface area contributed by atoms with Gasteiger partial charge in [0, 0.05) is 23.2 Å². The van der Waals surface area contributed by atoms with E-state index >= 15 is 0 Å². The van der Waals surface area contributed by atoms with Crippen LogP contribution >= 0.6 is 30.7 Å². The van der Waals surface area contributed by atoms with Gasteiger partial charge in [0.1, 0.15) is 18.0 Å². The van der Waals surface area contributed by atoms with Crippen LogP contribution in [0.25, 0.3) is 0 Å². The van der Waals surface area contributed by atoms with Gasteiger partial charge in [-0.15, -0.1) is 0 Å². The Morgan fingerprint density at radius 1 is 0.973 bits per heavy atom. The van der Waals surface area contributed by atoms with Crippen molar-refractivity contribution in [3.05, 3.63) is 88.4 Å². The largest absolute Gasteiger partial charge is 0.465 e. The molecule has 4 rings (SSSR count). The predicted octanol–water partition coefficient (Wildman–Crippen LogP) is 6.65. The molecule has 0 radical (unpaired) electrons. The number of hydrogen-bond acceptors (Lipinski definition) is 6. The van der Waals surface area contributed by atoms with E-state index in [4.69, 9.17) is 41.9 Å². The number of rotatable bonds is 8. The maximum atomic E-state index is 14.7. The minimum Gasteiger partial charge on any atom is -0.465 e. The Bertz CT molecular complexity index is 1240. The fourth-order valence-corrected chi connectivity index (χ4v) is 6.78. The van der Waals surface area contributed by atoms with E-state index in [1.807, 2.05) is 12.1 Å². The minimum atomic E-state index is -3.74. The summed E-state index contributed by atoms with van der Waals surface area (Å²) in [4.78, 5) is 12.7. The van der Waals surface area contributed by atoms with Crippen LogP contribution in [0.5, 0.6) is 11.5 Å². The van der Waals surface area contributed by atoms with Gasteiger partial charge in [-0.25, -0.2) is 4.67 Å². The summed E-state index contributed by atoms with van der Waals surface area (Å²) < 4.78 is 39.1. The van der Waals surface area contributed by atoms with E-state index in [0.29, 0.717) is 33.3 Å². The normalized spacial score (nSPS) is 22.3. The van der Waals surface area contributed by atoms with Crippen molar-refractivity contribution in [3.63, 3.8) is 0 Å². The van der Waals surface area contributed by atoms with E-state index in [9.17, 15) is 9.36 Å². The summed E-state index contributed by atoms with van der Waals surface area (Å²) in [6, 6.07) is 20.6. The second-order valence-corrected chi connectivity index (χ2v) is 11.6. The lowest BCUT2D eigenvalue weighted by Crippen LogP contribution is -2.35. The Kier molecular flexibility index (Phi) is 9.30. The topological polar surface area (TPSA) is 74.3 Å².